The normalized spacial score (nSPS) is 11.0. The Hall–Kier alpha value is -1.25. The monoisotopic (exact) mass is 350 g/mol. The van der Waals surface area contributed by atoms with Gasteiger partial charge in [0.1, 0.15) is 0 Å². The highest BCUT2D eigenvalue weighted by molar-refractivity contribution is 5.91. The molecule has 0 amide bonds. The van der Waals surface area contributed by atoms with E-state index in [9.17, 15) is 4.79 Å². The Morgan fingerprint density at radius 1 is 0.800 bits per heavy atom. The lowest BCUT2D eigenvalue weighted by Crippen LogP contribution is -1.96. The summed E-state index contributed by atoms with van der Waals surface area (Å²) in [6.07, 6.45) is 19.0. The summed E-state index contributed by atoms with van der Waals surface area (Å²) in [5.41, 5.74) is 0. The Kier molecular flexibility index (Phi) is 13.1. The van der Waals surface area contributed by atoms with Crippen molar-refractivity contribution < 1.29 is 13.9 Å². The molecule has 144 valence electrons. The van der Waals surface area contributed by atoms with Crippen molar-refractivity contribution in [3.8, 4) is 5.95 Å². The van der Waals surface area contributed by atoms with E-state index in [2.05, 4.69) is 6.92 Å². The summed E-state index contributed by atoms with van der Waals surface area (Å²) in [6, 6.07) is 3.39. The number of carbonyl (C=O) groups is 1. The summed E-state index contributed by atoms with van der Waals surface area (Å²) in [5.74, 6) is 0.766. The molecule has 0 aliphatic heterocycles. The van der Waals surface area contributed by atoms with E-state index < -0.39 is 0 Å². The molecule has 0 spiro atoms. The fourth-order valence-corrected chi connectivity index (χ4v) is 3.06. The van der Waals surface area contributed by atoms with Gasteiger partial charge >= 0.3 is 0 Å². The molecule has 3 heteroatoms. The van der Waals surface area contributed by atoms with Crippen molar-refractivity contribution in [3.63, 3.8) is 0 Å². The van der Waals surface area contributed by atoms with Gasteiger partial charge < -0.3 is 9.15 Å². The Morgan fingerprint density at radius 2 is 1.28 bits per heavy atom. The highest BCUT2D eigenvalue weighted by Gasteiger charge is 2.06. The first-order valence-corrected chi connectivity index (χ1v) is 10.5. The van der Waals surface area contributed by atoms with Crippen LogP contribution in [0.4, 0.5) is 0 Å². The average molecular weight is 351 g/mol. The van der Waals surface area contributed by atoms with Gasteiger partial charge in [-0.15, -0.1) is 0 Å². The molecule has 0 atom stereocenters. The van der Waals surface area contributed by atoms with Gasteiger partial charge in [-0.2, -0.15) is 0 Å². The van der Waals surface area contributed by atoms with Crippen molar-refractivity contribution in [2.24, 2.45) is 0 Å². The van der Waals surface area contributed by atoms with Crippen LogP contribution in [-0.4, -0.2) is 12.4 Å². The summed E-state index contributed by atoms with van der Waals surface area (Å²) >= 11 is 0. The van der Waals surface area contributed by atoms with Crippen LogP contribution in [0.2, 0.25) is 0 Å². The van der Waals surface area contributed by atoms with E-state index in [-0.39, 0.29) is 5.78 Å². The van der Waals surface area contributed by atoms with E-state index in [0.717, 1.165) is 6.42 Å². The number of carbonyl (C=O) groups excluding carboxylic acids is 1. The van der Waals surface area contributed by atoms with Gasteiger partial charge in [0.2, 0.25) is 0 Å². The highest BCUT2D eigenvalue weighted by Crippen LogP contribution is 2.17. The van der Waals surface area contributed by atoms with Gasteiger partial charge in [-0.25, -0.2) is 0 Å². The molecular formula is C22H38O3. The van der Waals surface area contributed by atoms with Crippen LogP contribution >= 0.6 is 0 Å². The summed E-state index contributed by atoms with van der Waals surface area (Å²) in [6.45, 7) is 4.44. The van der Waals surface area contributed by atoms with Gasteiger partial charge in [0.25, 0.3) is 5.95 Å². The number of unbranched alkanes of at least 4 members (excludes halogenated alkanes) is 13. The summed E-state index contributed by atoms with van der Waals surface area (Å²) in [5, 5.41) is 0. The molecule has 1 aromatic heterocycles. The number of Topliss-reactive ketones (excluding diaryl/α,β-unsaturated/α-hetero) is 1. The molecule has 3 nitrogen and oxygen atoms in total. The Morgan fingerprint density at radius 3 is 1.72 bits per heavy atom. The Balaban J connectivity index is 1.79. The second-order valence-electron chi connectivity index (χ2n) is 7.12. The van der Waals surface area contributed by atoms with E-state index in [1.54, 1.807) is 12.1 Å². The summed E-state index contributed by atoms with van der Waals surface area (Å²) in [7, 11) is 0. The minimum Gasteiger partial charge on any atom is -0.465 e. The minimum atomic E-state index is -0.0636. The van der Waals surface area contributed by atoms with Gasteiger partial charge in [-0.05, 0) is 12.5 Å². The molecule has 0 saturated carbocycles. The van der Waals surface area contributed by atoms with E-state index in [1.165, 1.54) is 90.4 Å². The lowest BCUT2D eigenvalue weighted by atomic mass is 10.0. The Labute approximate surface area is 154 Å². The maximum absolute atomic E-state index is 11.1. The van der Waals surface area contributed by atoms with Crippen LogP contribution in [0.15, 0.2) is 16.5 Å². The first-order valence-electron chi connectivity index (χ1n) is 10.5. The molecule has 0 bridgehead atoms. The van der Waals surface area contributed by atoms with Gasteiger partial charge in [0.05, 0.1) is 6.61 Å². The fraction of sp³-hybridized carbons (Fsp3) is 0.773. The van der Waals surface area contributed by atoms with E-state index in [1.807, 2.05) is 0 Å². The maximum Gasteiger partial charge on any atom is 0.284 e. The van der Waals surface area contributed by atoms with E-state index in [0.29, 0.717) is 18.3 Å². The number of rotatable bonds is 17. The molecule has 0 saturated heterocycles. The van der Waals surface area contributed by atoms with Gasteiger partial charge in [0, 0.05) is 13.0 Å². The molecular weight excluding hydrogens is 312 g/mol. The molecule has 1 heterocycles. The van der Waals surface area contributed by atoms with Crippen LogP contribution in [0.25, 0.3) is 0 Å². The summed E-state index contributed by atoms with van der Waals surface area (Å²) in [4.78, 5) is 11.1. The second kappa shape index (κ2) is 15.0. The lowest BCUT2D eigenvalue weighted by Gasteiger charge is -2.04. The zero-order chi connectivity index (χ0) is 18.2. The molecule has 0 fully saturated rings. The van der Waals surface area contributed by atoms with Crippen LogP contribution < -0.4 is 4.74 Å². The molecule has 0 N–H and O–H groups in total. The van der Waals surface area contributed by atoms with Crippen LogP contribution in [0, 0.1) is 0 Å². The third-order valence-electron chi connectivity index (χ3n) is 4.67. The smallest absolute Gasteiger partial charge is 0.284 e. The minimum absolute atomic E-state index is 0.0636. The van der Waals surface area contributed by atoms with Crippen molar-refractivity contribution in [1.82, 2.24) is 0 Å². The summed E-state index contributed by atoms with van der Waals surface area (Å²) < 4.78 is 10.8. The van der Waals surface area contributed by atoms with Crippen LogP contribution in [0.1, 0.15) is 114 Å². The SMILES string of the molecule is CCCCCCCCCCCCCCCCOc1ccc(C(C)=O)o1. The number of furan rings is 1. The van der Waals surface area contributed by atoms with Gasteiger partial charge in [-0.1, -0.05) is 90.4 Å². The quantitative estimate of drug-likeness (QED) is 0.218. The third-order valence-corrected chi connectivity index (χ3v) is 4.67. The molecule has 1 aromatic rings. The molecule has 0 aromatic carbocycles. The van der Waals surface area contributed by atoms with E-state index in [4.69, 9.17) is 9.15 Å². The zero-order valence-electron chi connectivity index (χ0n) is 16.5. The number of ketones is 1. The predicted molar refractivity (Wildman–Crippen MR) is 105 cm³/mol. The first kappa shape index (κ1) is 21.8. The molecule has 25 heavy (non-hydrogen) atoms. The maximum atomic E-state index is 11.1. The molecule has 0 unspecified atom stereocenters. The molecule has 0 aliphatic carbocycles. The second-order valence-corrected chi connectivity index (χ2v) is 7.12. The highest BCUT2D eigenvalue weighted by atomic mass is 16.6. The zero-order valence-corrected chi connectivity index (χ0v) is 16.5. The largest absolute Gasteiger partial charge is 0.465 e. The van der Waals surface area contributed by atoms with Crippen LogP contribution in [-0.2, 0) is 0 Å². The number of ether oxygens (including phenoxy) is 1. The van der Waals surface area contributed by atoms with Crippen LogP contribution in [0.3, 0.4) is 0 Å². The average Bonchev–Trinajstić information content (AvgIpc) is 3.07. The first-order chi connectivity index (χ1) is 12.2. The molecule has 0 radical (unpaired) electrons. The molecule has 0 aliphatic rings. The number of hydrogen-bond acceptors (Lipinski definition) is 3. The Bertz CT molecular complexity index is 436. The van der Waals surface area contributed by atoms with Crippen molar-refractivity contribution in [1.29, 1.82) is 0 Å². The topological polar surface area (TPSA) is 39.4 Å². The van der Waals surface area contributed by atoms with Crippen molar-refractivity contribution in [2.75, 3.05) is 6.61 Å². The lowest BCUT2D eigenvalue weighted by molar-refractivity contribution is 0.0978. The third kappa shape index (κ3) is 11.9. The van der Waals surface area contributed by atoms with Crippen molar-refractivity contribution in [3.05, 3.63) is 17.9 Å². The standard InChI is InChI=1S/C22H38O3/c1-3-4-5-6-7-8-9-10-11-12-13-14-15-16-19-24-22-18-17-21(25-22)20(2)23/h17-18H,3-16,19H2,1-2H3. The van der Waals surface area contributed by atoms with Crippen LogP contribution in [0.5, 0.6) is 5.95 Å². The van der Waals surface area contributed by atoms with Crippen molar-refractivity contribution >= 4 is 5.78 Å². The van der Waals surface area contributed by atoms with Crippen molar-refractivity contribution in [2.45, 2.75) is 104 Å². The fourth-order valence-electron chi connectivity index (χ4n) is 3.06. The molecule has 1 rings (SSSR count). The van der Waals surface area contributed by atoms with E-state index >= 15 is 0 Å². The number of hydrogen-bond donors (Lipinski definition) is 0. The van der Waals surface area contributed by atoms with Gasteiger partial charge in [-0.3, -0.25) is 4.79 Å². The van der Waals surface area contributed by atoms with Gasteiger partial charge in [0.15, 0.2) is 11.5 Å². The predicted octanol–water partition coefficient (Wildman–Crippen LogP) is 7.34.